The third kappa shape index (κ3) is 7.35. The van der Waals surface area contributed by atoms with E-state index in [2.05, 4.69) is 11.9 Å². The summed E-state index contributed by atoms with van der Waals surface area (Å²) in [6.07, 6.45) is 6.51. The summed E-state index contributed by atoms with van der Waals surface area (Å²) in [4.78, 5) is 23.1. The van der Waals surface area contributed by atoms with Gasteiger partial charge in [-0.25, -0.2) is 13.6 Å². The minimum Gasteiger partial charge on any atom is -0.480 e. The fourth-order valence-corrected chi connectivity index (χ4v) is 2.33. The monoisotopic (exact) mass is 339 g/mol. The molecule has 1 atom stereocenters. The summed E-state index contributed by atoms with van der Waals surface area (Å²) in [6, 6.07) is 2.20. The molecule has 4 nitrogen and oxygen atoms in total. The molecule has 132 valence electrons. The first kappa shape index (κ1) is 19.8. The largest absolute Gasteiger partial charge is 0.480 e. The SMILES string of the molecule is C=CCCCCCC[C@@H](NC(=O)Cc1ccc(F)c(F)c1)C(=O)O. The molecular formula is C18H23F2NO3. The van der Waals surface area contributed by atoms with Crippen LogP contribution >= 0.6 is 0 Å². The summed E-state index contributed by atoms with van der Waals surface area (Å²) in [6.45, 7) is 3.64. The molecule has 0 spiro atoms. The van der Waals surface area contributed by atoms with E-state index in [1.165, 1.54) is 6.07 Å². The normalized spacial score (nSPS) is 11.8. The molecule has 0 fully saturated rings. The fourth-order valence-electron chi connectivity index (χ4n) is 2.33. The molecule has 24 heavy (non-hydrogen) atoms. The van der Waals surface area contributed by atoms with Gasteiger partial charge in [0.25, 0.3) is 0 Å². The summed E-state index contributed by atoms with van der Waals surface area (Å²) < 4.78 is 26.0. The molecule has 6 heteroatoms. The van der Waals surface area contributed by atoms with Crippen LogP contribution in [-0.2, 0) is 16.0 Å². The third-order valence-electron chi connectivity index (χ3n) is 3.63. The van der Waals surface area contributed by atoms with E-state index in [4.69, 9.17) is 0 Å². The minimum atomic E-state index is -1.10. The fraction of sp³-hybridized carbons (Fsp3) is 0.444. The molecule has 0 heterocycles. The number of carboxylic acid groups (broad SMARTS) is 1. The van der Waals surface area contributed by atoms with Gasteiger partial charge in [0, 0.05) is 0 Å². The van der Waals surface area contributed by atoms with Gasteiger partial charge in [0.1, 0.15) is 6.04 Å². The van der Waals surface area contributed by atoms with Crippen LogP contribution in [0.15, 0.2) is 30.9 Å². The number of allylic oxidation sites excluding steroid dienone is 1. The van der Waals surface area contributed by atoms with E-state index < -0.39 is 29.6 Å². The molecule has 1 rings (SSSR count). The summed E-state index contributed by atoms with van der Waals surface area (Å²) in [5, 5.41) is 11.6. The predicted octanol–water partition coefficient (Wildman–Crippen LogP) is 3.60. The number of carbonyl (C=O) groups is 2. The lowest BCUT2D eigenvalue weighted by atomic mass is 10.1. The lowest BCUT2D eigenvalue weighted by Gasteiger charge is -2.14. The highest BCUT2D eigenvalue weighted by Gasteiger charge is 2.19. The lowest BCUT2D eigenvalue weighted by Crippen LogP contribution is -2.41. The van der Waals surface area contributed by atoms with Gasteiger partial charge >= 0.3 is 5.97 Å². The second kappa shape index (κ2) is 10.5. The van der Waals surface area contributed by atoms with Crippen molar-refractivity contribution in [3.05, 3.63) is 48.1 Å². The molecular weight excluding hydrogens is 316 g/mol. The molecule has 0 unspecified atom stereocenters. The smallest absolute Gasteiger partial charge is 0.326 e. The second-order valence-electron chi connectivity index (χ2n) is 5.66. The highest BCUT2D eigenvalue weighted by atomic mass is 19.2. The number of hydrogen-bond acceptors (Lipinski definition) is 2. The Labute approximate surface area is 140 Å². The quantitative estimate of drug-likeness (QED) is 0.478. The minimum absolute atomic E-state index is 0.194. The van der Waals surface area contributed by atoms with E-state index in [0.717, 1.165) is 37.8 Å². The number of carboxylic acids is 1. The Morgan fingerprint density at radius 2 is 1.88 bits per heavy atom. The van der Waals surface area contributed by atoms with Crippen LogP contribution in [0.25, 0.3) is 0 Å². The zero-order valence-corrected chi connectivity index (χ0v) is 13.6. The molecule has 0 radical (unpaired) electrons. The van der Waals surface area contributed by atoms with Crippen LogP contribution < -0.4 is 5.32 Å². The standard InChI is InChI=1S/C18H23F2NO3/c1-2-3-4-5-6-7-8-16(18(23)24)21-17(22)12-13-9-10-14(19)15(20)11-13/h2,9-11,16H,1,3-8,12H2,(H,21,22)(H,23,24)/t16-/m1/s1. The van der Waals surface area contributed by atoms with Gasteiger partial charge in [-0.05, 0) is 37.0 Å². The molecule has 0 saturated heterocycles. The Morgan fingerprint density at radius 1 is 1.17 bits per heavy atom. The van der Waals surface area contributed by atoms with E-state index in [1.807, 2.05) is 6.08 Å². The Bertz CT molecular complexity index is 575. The molecule has 1 amide bonds. The molecule has 0 saturated carbocycles. The number of rotatable bonds is 11. The molecule has 0 aromatic heterocycles. The van der Waals surface area contributed by atoms with Gasteiger partial charge < -0.3 is 10.4 Å². The van der Waals surface area contributed by atoms with Crippen LogP contribution in [-0.4, -0.2) is 23.0 Å². The van der Waals surface area contributed by atoms with Crippen molar-refractivity contribution in [2.45, 2.75) is 51.0 Å². The van der Waals surface area contributed by atoms with Crippen LogP contribution in [0.3, 0.4) is 0 Å². The van der Waals surface area contributed by atoms with Crippen molar-refractivity contribution in [3.8, 4) is 0 Å². The molecule has 0 aliphatic heterocycles. The van der Waals surface area contributed by atoms with E-state index in [0.29, 0.717) is 18.4 Å². The molecule has 2 N–H and O–H groups in total. The van der Waals surface area contributed by atoms with Crippen molar-refractivity contribution < 1.29 is 23.5 Å². The average molecular weight is 339 g/mol. The third-order valence-corrected chi connectivity index (χ3v) is 3.63. The topological polar surface area (TPSA) is 66.4 Å². The van der Waals surface area contributed by atoms with Gasteiger partial charge in [-0.1, -0.05) is 31.4 Å². The van der Waals surface area contributed by atoms with E-state index in [1.54, 1.807) is 0 Å². The van der Waals surface area contributed by atoms with Gasteiger partial charge in [-0.3, -0.25) is 4.79 Å². The van der Waals surface area contributed by atoms with Crippen molar-refractivity contribution in [2.75, 3.05) is 0 Å². The zero-order chi connectivity index (χ0) is 17.9. The van der Waals surface area contributed by atoms with Crippen molar-refractivity contribution in [1.29, 1.82) is 0 Å². The molecule has 0 aliphatic carbocycles. The number of aliphatic carboxylic acids is 1. The highest BCUT2D eigenvalue weighted by molar-refractivity contribution is 5.84. The molecule has 0 aliphatic rings. The number of nitrogens with one attached hydrogen (secondary N) is 1. The first-order valence-electron chi connectivity index (χ1n) is 8.01. The predicted molar refractivity (Wildman–Crippen MR) is 87.5 cm³/mol. The van der Waals surface area contributed by atoms with Crippen LogP contribution in [0.5, 0.6) is 0 Å². The van der Waals surface area contributed by atoms with Crippen LogP contribution in [0.1, 0.15) is 44.1 Å². The molecule has 1 aromatic rings. The molecule has 0 bridgehead atoms. The number of unbranched alkanes of at least 4 members (excludes halogenated alkanes) is 4. The number of carbonyl (C=O) groups excluding carboxylic acids is 1. The number of hydrogen-bond donors (Lipinski definition) is 2. The van der Waals surface area contributed by atoms with Crippen LogP contribution in [0, 0.1) is 11.6 Å². The first-order valence-corrected chi connectivity index (χ1v) is 8.01. The van der Waals surface area contributed by atoms with Crippen LogP contribution in [0.4, 0.5) is 8.78 Å². The number of amides is 1. The second-order valence-corrected chi connectivity index (χ2v) is 5.66. The van der Waals surface area contributed by atoms with Crippen molar-refractivity contribution >= 4 is 11.9 Å². The van der Waals surface area contributed by atoms with E-state index in [-0.39, 0.29) is 6.42 Å². The number of halogens is 2. The maximum absolute atomic E-state index is 13.1. The Kier molecular flexibility index (Phi) is 8.68. The maximum atomic E-state index is 13.1. The van der Waals surface area contributed by atoms with E-state index in [9.17, 15) is 23.5 Å². The van der Waals surface area contributed by atoms with Gasteiger partial charge in [-0.2, -0.15) is 0 Å². The summed E-state index contributed by atoms with van der Waals surface area (Å²) in [7, 11) is 0. The average Bonchev–Trinajstić information content (AvgIpc) is 2.53. The zero-order valence-electron chi connectivity index (χ0n) is 13.6. The maximum Gasteiger partial charge on any atom is 0.326 e. The summed E-state index contributed by atoms with van der Waals surface area (Å²) in [5.74, 6) is -3.64. The summed E-state index contributed by atoms with van der Waals surface area (Å²) >= 11 is 0. The van der Waals surface area contributed by atoms with Crippen molar-refractivity contribution in [2.24, 2.45) is 0 Å². The van der Waals surface area contributed by atoms with Gasteiger partial charge in [-0.15, -0.1) is 6.58 Å². The first-order chi connectivity index (χ1) is 11.4. The lowest BCUT2D eigenvalue weighted by molar-refractivity contribution is -0.142. The molecule has 1 aromatic carbocycles. The van der Waals surface area contributed by atoms with Gasteiger partial charge in [0.15, 0.2) is 11.6 Å². The highest BCUT2D eigenvalue weighted by Crippen LogP contribution is 2.11. The number of benzene rings is 1. The van der Waals surface area contributed by atoms with Crippen molar-refractivity contribution in [3.63, 3.8) is 0 Å². The van der Waals surface area contributed by atoms with Gasteiger partial charge in [0.2, 0.25) is 5.91 Å². The Morgan fingerprint density at radius 3 is 2.50 bits per heavy atom. The van der Waals surface area contributed by atoms with E-state index >= 15 is 0 Å². The van der Waals surface area contributed by atoms with Gasteiger partial charge in [0.05, 0.1) is 6.42 Å². The Balaban J connectivity index is 2.43. The van der Waals surface area contributed by atoms with Crippen molar-refractivity contribution in [1.82, 2.24) is 5.32 Å². The summed E-state index contributed by atoms with van der Waals surface area (Å²) in [5.41, 5.74) is 0.292. The van der Waals surface area contributed by atoms with Crippen LogP contribution in [0.2, 0.25) is 0 Å². The Hall–Kier alpha value is -2.24.